The molecular weight excluding hydrogens is 214 g/mol. The van der Waals surface area contributed by atoms with Crippen LogP contribution in [0.5, 0.6) is 0 Å². The van der Waals surface area contributed by atoms with Crippen LogP contribution < -0.4 is 5.32 Å². The van der Waals surface area contributed by atoms with Gasteiger partial charge in [0.15, 0.2) is 0 Å². The van der Waals surface area contributed by atoms with Crippen molar-refractivity contribution in [3.05, 3.63) is 36.3 Å². The van der Waals surface area contributed by atoms with Crippen LogP contribution in [-0.4, -0.2) is 16.0 Å². The van der Waals surface area contributed by atoms with Crippen molar-refractivity contribution in [1.29, 1.82) is 0 Å². The van der Waals surface area contributed by atoms with E-state index in [1.165, 1.54) is 12.2 Å². The molecule has 0 aliphatic carbocycles. The number of rotatable bonds is 3. The predicted molar refractivity (Wildman–Crippen MR) is 65.7 cm³/mol. The number of anilines is 1. The van der Waals surface area contributed by atoms with Gasteiger partial charge >= 0.3 is 0 Å². The Morgan fingerprint density at radius 1 is 1.29 bits per heavy atom. The van der Waals surface area contributed by atoms with Gasteiger partial charge in [0.1, 0.15) is 5.82 Å². The first-order valence-corrected chi connectivity index (χ1v) is 5.73. The quantitative estimate of drug-likeness (QED) is 0.816. The van der Waals surface area contributed by atoms with E-state index in [9.17, 15) is 4.79 Å². The number of carbonyl (C=O) groups excluding carboxylic acids is 1. The molecule has 0 bridgehead atoms. The third-order valence-electron chi connectivity index (χ3n) is 3.13. The highest BCUT2D eigenvalue weighted by Crippen LogP contribution is 2.26. The maximum atomic E-state index is 10.3. The third-order valence-corrected chi connectivity index (χ3v) is 3.13. The van der Waals surface area contributed by atoms with Crippen LogP contribution in [0, 0.1) is 0 Å². The smallest absolute Gasteiger partial charge is 0.211 e. The van der Waals surface area contributed by atoms with Crippen molar-refractivity contribution in [1.82, 2.24) is 9.55 Å². The Labute approximate surface area is 99.3 Å². The zero-order chi connectivity index (χ0) is 11.7. The molecule has 0 fully saturated rings. The summed E-state index contributed by atoms with van der Waals surface area (Å²) < 4.78 is 2.27. The van der Waals surface area contributed by atoms with E-state index in [4.69, 9.17) is 0 Å². The molecule has 0 radical (unpaired) electrons. The molecule has 2 heterocycles. The molecule has 0 atom stereocenters. The van der Waals surface area contributed by atoms with Gasteiger partial charge in [-0.2, -0.15) is 0 Å². The second-order valence-electron chi connectivity index (χ2n) is 4.15. The van der Waals surface area contributed by atoms with Gasteiger partial charge in [0.2, 0.25) is 6.41 Å². The van der Waals surface area contributed by atoms with Gasteiger partial charge in [-0.3, -0.25) is 4.79 Å². The normalized spacial score (nSPS) is 13.4. The molecule has 1 aliphatic heterocycles. The Morgan fingerprint density at radius 2 is 2.12 bits per heavy atom. The van der Waals surface area contributed by atoms with E-state index in [2.05, 4.69) is 14.9 Å². The Morgan fingerprint density at radius 3 is 2.88 bits per heavy atom. The topological polar surface area (TPSA) is 46.9 Å². The molecule has 1 aromatic heterocycles. The lowest BCUT2D eigenvalue weighted by Gasteiger charge is -2.05. The Balaban J connectivity index is 1.95. The minimum absolute atomic E-state index is 0.686. The van der Waals surface area contributed by atoms with Crippen molar-refractivity contribution < 1.29 is 4.79 Å². The molecule has 3 rings (SSSR count). The maximum absolute atomic E-state index is 10.3. The first-order chi connectivity index (χ1) is 8.38. The summed E-state index contributed by atoms with van der Waals surface area (Å²) in [5, 5.41) is 2.63. The second kappa shape index (κ2) is 4.05. The number of benzene rings is 1. The fraction of sp³-hybridized carbons (Fsp3) is 0.231. The molecule has 0 saturated heterocycles. The SMILES string of the molecule is O=CNc1ccc(-c2cnc3n2CCC3)cc1. The van der Waals surface area contributed by atoms with E-state index in [0.29, 0.717) is 6.41 Å². The van der Waals surface area contributed by atoms with Gasteiger partial charge in [-0.05, 0) is 24.1 Å². The molecule has 86 valence electrons. The molecule has 17 heavy (non-hydrogen) atoms. The van der Waals surface area contributed by atoms with Crippen LogP contribution in [0.15, 0.2) is 30.5 Å². The highest BCUT2D eigenvalue weighted by Gasteiger charge is 2.16. The van der Waals surface area contributed by atoms with E-state index in [0.717, 1.165) is 29.9 Å². The summed E-state index contributed by atoms with van der Waals surface area (Å²) in [6, 6.07) is 7.82. The number of hydrogen-bond donors (Lipinski definition) is 1. The minimum atomic E-state index is 0.686. The first kappa shape index (κ1) is 10.1. The Bertz CT molecular complexity index is 542. The number of nitrogens with zero attached hydrogens (tertiary/aromatic N) is 2. The molecule has 1 N–H and O–H groups in total. The number of fused-ring (bicyclic) bond motifs is 1. The molecule has 4 nitrogen and oxygen atoms in total. The zero-order valence-electron chi connectivity index (χ0n) is 9.39. The van der Waals surface area contributed by atoms with E-state index in [-0.39, 0.29) is 0 Å². The standard InChI is InChI=1S/C13H13N3O/c17-9-15-11-5-3-10(4-6-11)12-8-14-13-2-1-7-16(12)13/h3-6,8-9H,1-2,7H2,(H,15,17). The molecule has 1 aromatic carbocycles. The van der Waals surface area contributed by atoms with Gasteiger partial charge in [0, 0.05) is 18.7 Å². The van der Waals surface area contributed by atoms with Crippen molar-refractivity contribution in [3.8, 4) is 11.3 Å². The van der Waals surface area contributed by atoms with Crippen LogP contribution in [0.2, 0.25) is 0 Å². The summed E-state index contributed by atoms with van der Waals surface area (Å²) in [7, 11) is 0. The van der Waals surface area contributed by atoms with E-state index >= 15 is 0 Å². The van der Waals surface area contributed by atoms with E-state index in [1.54, 1.807) is 0 Å². The first-order valence-electron chi connectivity index (χ1n) is 5.73. The minimum Gasteiger partial charge on any atom is -0.329 e. The Hall–Kier alpha value is -2.10. The molecule has 4 heteroatoms. The number of aromatic nitrogens is 2. The van der Waals surface area contributed by atoms with Crippen LogP contribution in [0.25, 0.3) is 11.3 Å². The van der Waals surface area contributed by atoms with E-state index < -0.39 is 0 Å². The van der Waals surface area contributed by atoms with Crippen LogP contribution in [0.1, 0.15) is 12.2 Å². The summed E-state index contributed by atoms with van der Waals surface area (Å²) in [4.78, 5) is 14.7. The largest absolute Gasteiger partial charge is 0.329 e. The van der Waals surface area contributed by atoms with E-state index in [1.807, 2.05) is 30.5 Å². The summed E-state index contributed by atoms with van der Waals surface area (Å²) in [6.07, 6.45) is 4.87. The zero-order valence-corrected chi connectivity index (χ0v) is 9.39. The third kappa shape index (κ3) is 1.71. The molecule has 0 unspecified atom stereocenters. The van der Waals surface area contributed by atoms with Crippen LogP contribution in [0.4, 0.5) is 5.69 Å². The van der Waals surface area contributed by atoms with Gasteiger partial charge in [-0.1, -0.05) is 12.1 Å². The fourth-order valence-electron chi connectivity index (χ4n) is 2.29. The number of imidazole rings is 1. The van der Waals surface area contributed by atoms with Crippen LogP contribution >= 0.6 is 0 Å². The molecular formula is C13H13N3O. The summed E-state index contributed by atoms with van der Waals surface area (Å²) in [5.74, 6) is 1.18. The maximum Gasteiger partial charge on any atom is 0.211 e. The molecule has 0 spiro atoms. The van der Waals surface area contributed by atoms with Gasteiger partial charge < -0.3 is 9.88 Å². The van der Waals surface area contributed by atoms with Crippen molar-refractivity contribution >= 4 is 12.1 Å². The van der Waals surface area contributed by atoms with Crippen LogP contribution in [-0.2, 0) is 17.8 Å². The van der Waals surface area contributed by atoms with Gasteiger partial charge in [0.05, 0.1) is 11.9 Å². The number of hydrogen-bond acceptors (Lipinski definition) is 2. The summed E-state index contributed by atoms with van der Waals surface area (Å²) in [6.45, 7) is 1.05. The molecule has 2 aromatic rings. The van der Waals surface area contributed by atoms with Crippen molar-refractivity contribution in [2.45, 2.75) is 19.4 Å². The number of aryl methyl sites for hydroxylation is 1. The van der Waals surface area contributed by atoms with Crippen molar-refractivity contribution in [2.75, 3.05) is 5.32 Å². The number of amides is 1. The lowest BCUT2D eigenvalue weighted by Crippen LogP contribution is -1.96. The van der Waals surface area contributed by atoms with Gasteiger partial charge in [0.25, 0.3) is 0 Å². The lowest BCUT2D eigenvalue weighted by molar-refractivity contribution is -0.105. The van der Waals surface area contributed by atoms with Crippen molar-refractivity contribution in [3.63, 3.8) is 0 Å². The lowest BCUT2D eigenvalue weighted by atomic mass is 10.1. The average molecular weight is 227 g/mol. The summed E-state index contributed by atoms with van der Waals surface area (Å²) >= 11 is 0. The highest BCUT2D eigenvalue weighted by molar-refractivity contribution is 5.73. The second-order valence-corrected chi connectivity index (χ2v) is 4.15. The highest BCUT2D eigenvalue weighted by atomic mass is 16.1. The predicted octanol–water partition coefficient (Wildman–Crippen LogP) is 2.06. The monoisotopic (exact) mass is 227 g/mol. The number of nitrogens with one attached hydrogen (secondary N) is 1. The fourth-order valence-corrected chi connectivity index (χ4v) is 2.29. The average Bonchev–Trinajstić information content (AvgIpc) is 2.93. The summed E-state index contributed by atoms with van der Waals surface area (Å²) in [5.41, 5.74) is 3.11. The van der Waals surface area contributed by atoms with Gasteiger partial charge in [-0.15, -0.1) is 0 Å². The Kier molecular flexibility index (Phi) is 2.40. The van der Waals surface area contributed by atoms with Gasteiger partial charge in [-0.25, -0.2) is 4.98 Å². The van der Waals surface area contributed by atoms with Crippen LogP contribution in [0.3, 0.4) is 0 Å². The number of carbonyl (C=O) groups is 1. The molecule has 0 saturated carbocycles. The molecule has 1 aliphatic rings. The van der Waals surface area contributed by atoms with Crippen molar-refractivity contribution in [2.24, 2.45) is 0 Å². The molecule has 1 amide bonds.